The molecule has 0 aliphatic rings. The molecule has 4 nitrogen and oxygen atoms in total. The molecule has 0 rings (SSSR count). The number of allylic oxidation sites excluding steroid dienone is 1. The molecule has 0 spiro atoms. The maximum atomic E-state index is 11.7. The molecule has 1 atom stereocenters. The average Bonchev–Trinajstić information content (AvgIpc) is 2.11. The highest BCUT2D eigenvalue weighted by Crippen LogP contribution is 2.09. The van der Waals surface area contributed by atoms with Gasteiger partial charge in [0.2, 0.25) is 0 Å². The zero-order valence-electron chi connectivity index (χ0n) is 11.5. The summed E-state index contributed by atoms with van der Waals surface area (Å²) < 4.78 is 5.12. The monoisotopic (exact) mass is 241 g/mol. The van der Waals surface area contributed by atoms with Crippen LogP contribution in [0.5, 0.6) is 0 Å². The van der Waals surface area contributed by atoms with Crippen LogP contribution in [0.2, 0.25) is 0 Å². The first-order valence-electron chi connectivity index (χ1n) is 5.83. The predicted molar refractivity (Wildman–Crippen MR) is 67.8 cm³/mol. The largest absolute Gasteiger partial charge is 0.444 e. The number of carbonyl (C=O) groups is 2. The zero-order valence-corrected chi connectivity index (χ0v) is 11.5. The van der Waals surface area contributed by atoms with Gasteiger partial charge in [0.05, 0.1) is 6.04 Å². The van der Waals surface area contributed by atoms with Crippen molar-refractivity contribution >= 4 is 11.9 Å². The van der Waals surface area contributed by atoms with Gasteiger partial charge < -0.3 is 10.1 Å². The summed E-state index contributed by atoms with van der Waals surface area (Å²) in [5.74, 6) is -0.0976. The Morgan fingerprint density at radius 1 is 1.24 bits per heavy atom. The van der Waals surface area contributed by atoms with E-state index in [1.807, 2.05) is 13.8 Å². The summed E-state index contributed by atoms with van der Waals surface area (Å²) in [4.78, 5) is 23.3. The molecule has 0 aliphatic heterocycles. The van der Waals surface area contributed by atoms with Gasteiger partial charge in [-0.3, -0.25) is 4.79 Å². The lowest BCUT2D eigenvalue weighted by molar-refractivity contribution is -0.117. The molecule has 0 aromatic carbocycles. The molecule has 1 amide bonds. The number of hydrogen-bond acceptors (Lipinski definition) is 3. The maximum Gasteiger partial charge on any atom is 0.408 e. The van der Waals surface area contributed by atoms with Gasteiger partial charge in [0.25, 0.3) is 0 Å². The van der Waals surface area contributed by atoms with Gasteiger partial charge in [-0.1, -0.05) is 19.9 Å². The van der Waals surface area contributed by atoms with Crippen molar-refractivity contribution in [1.82, 2.24) is 5.32 Å². The minimum absolute atomic E-state index is 0.0196. The summed E-state index contributed by atoms with van der Waals surface area (Å²) in [5, 5.41) is 2.60. The van der Waals surface area contributed by atoms with Crippen molar-refractivity contribution in [2.24, 2.45) is 5.92 Å². The van der Waals surface area contributed by atoms with Gasteiger partial charge in [-0.15, -0.1) is 0 Å². The van der Waals surface area contributed by atoms with Crippen LogP contribution in [0.25, 0.3) is 0 Å². The van der Waals surface area contributed by atoms with Gasteiger partial charge in [-0.05, 0) is 39.7 Å². The lowest BCUT2D eigenvalue weighted by Crippen LogP contribution is -2.45. The van der Waals surface area contributed by atoms with Gasteiger partial charge in [0.15, 0.2) is 5.78 Å². The molecule has 0 bridgehead atoms. The fraction of sp³-hybridized carbons (Fsp3) is 0.692. The second kappa shape index (κ2) is 6.42. The topological polar surface area (TPSA) is 55.4 Å². The van der Waals surface area contributed by atoms with E-state index in [0.29, 0.717) is 0 Å². The Labute approximate surface area is 103 Å². The SMILES string of the molecule is C/C=C/C(=O)[C@@H](NC(=O)OC(C)(C)C)C(C)C. The van der Waals surface area contributed by atoms with Crippen LogP contribution < -0.4 is 5.32 Å². The summed E-state index contributed by atoms with van der Waals surface area (Å²) in [6.45, 7) is 10.9. The molecule has 0 radical (unpaired) electrons. The molecule has 0 aromatic heterocycles. The predicted octanol–water partition coefficient (Wildman–Crippen LogP) is 2.68. The normalized spacial score (nSPS) is 13.8. The van der Waals surface area contributed by atoms with E-state index in [1.165, 1.54) is 6.08 Å². The van der Waals surface area contributed by atoms with Crippen molar-refractivity contribution in [2.45, 2.75) is 53.2 Å². The Balaban J connectivity index is 4.57. The Kier molecular flexibility index (Phi) is 5.93. The number of carbonyl (C=O) groups excluding carboxylic acids is 2. The maximum absolute atomic E-state index is 11.7. The van der Waals surface area contributed by atoms with E-state index >= 15 is 0 Å². The highest BCUT2D eigenvalue weighted by molar-refractivity contribution is 5.96. The van der Waals surface area contributed by atoms with Crippen LogP contribution in [-0.2, 0) is 9.53 Å². The van der Waals surface area contributed by atoms with Crippen LogP contribution >= 0.6 is 0 Å². The lowest BCUT2D eigenvalue weighted by atomic mass is 10.00. The van der Waals surface area contributed by atoms with Crippen molar-refractivity contribution in [3.63, 3.8) is 0 Å². The van der Waals surface area contributed by atoms with Crippen molar-refractivity contribution in [3.05, 3.63) is 12.2 Å². The van der Waals surface area contributed by atoms with E-state index in [2.05, 4.69) is 5.32 Å². The molecule has 0 unspecified atom stereocenters. The van der Waals surface area contributed by atoms with E-state index < -0.39 is 17.7 Å². The van der Waals surface area contributed by atoms with E-state index in [-0.39, 0.29) is 11.7 Å². The minimum atomic E-state index is -0.561. The number of rotatable bonds is 4. The number of nitrogens with one attached hydrogen (secondary N) is 1. The third-order valence-electron chi connectivity index (χ3n) is 1.98. The Morgan fingerprint density at radius 2 is 1.76 bits per heavy atom. The molecule has 0 heterocycles. The lowest BCUT2D eigenvalue weighted by Gasteiger charge is -2.24. The van der Waals surface area contributed by atoms with Gasteiger partial charge in [0, 0.05) is 0 Å². The molecule has 4 heteroatoms. The first-order valence-corrected chi connectivity index (χ1v) is 5.83. The van der Waals surface area contributed by atoms with Crippen LogP contribution in [0.1, 0.15) is 41.5 Å². The molecular weight excluding hydrogens is 218 g/mol. The Bertz CT molecular complexity index is 300. The highest BCUT2D eigenvalue weighted by atomic mass is 16.6. The molecule has 0 aliphatic carbocycles. The summed E-state index contributed by atoms with van der Waals surface area (Å²) in [6.07, 6.45) is 2.56. The first-order chi connectivity index (χ1) is 7.67. The molecule has 98 valence electrons. The van der Waals surface area contributed by atoms with Crippen molar-refractivity contribution < 1.29 is 14.3 Å². The summed E-state index contributed by atoms with van der Waals surface area (Å²) in [7, 11) is 0. The second-order valence-electron chi connectivity index (χ2n) is 5.27. The summed E-state index contributed by atoms with van der Waals surface area (Å²) in [5.41, 5.74) is -0.560. The first kappa shape index (κ1) is 15.7. The fourth-order valence-corrected chi connectivity index (χ4v) is 1.27. The standard InChI is InChI=1S/C13H23NO3/c1-7-8-10(15)11(9(2)3)14-12(16)17-13(4,5)6/h7-9,11H,1-6H3,(H,14,16)/b8-7+/t11-/m0/s1. The average molecular weight is 241 g/mol. The van der Waals surface area contributed by atoms with Crippen molar-refractivity contribution in [2.75, 3.05) is 0 Å². The number of hydrogen-bond donors (Lipinski definition) is 1. The van der Waals surface area contributed by atoms with Crippen molar-refractivity contribution in [1.29, 1.82) is 0 Å². The fourth-order valence-electron chi connectivity index (χ4n) is 1.27. The second-order valence-corrected chi connectivity index (χ2v) is 5.27. The molecule has 0 saturated heterocycles. The van der Waals surface area contributed by atoms with Gasteiger partial charge >= 0.3 is 6.09 Å². The van der Waals surface area contributed by atoms with E-state index in [4.69, 9.17) is 4.74 Å². The quantitative estimate of drug-likeness (QED) is 0.770. The third-order valence-corrected chi connectivity index (χ3v) is 1.98. The Morgan fingerprint density at radius 3 is 2.12 bits per heavy atom. The van der Waals surface area contributed by atoms with Crippen LogP contribution in [0.3, 0.4) is 0 Å². The van der Waals surface area contributed by atoms with E-state index in [9.17, 15) is 9.59 Å². The number of ether oxygens (including phenoxy) is 1. The number of amides is 1. The van der Waals surface area contributed by atoms with Crippen LogP contribution in [0.4, 0.5) is 4.79 Å². The minimum Gasteiger partial charge on any atom is -0.444 e. The van der Waals surface area contributed by atoms with Gasteiger partial charge in [-0.25, -0.2) is 4.79 Å². The molecule has 1 N–H and O–H groups in total. The smallest absolute Gasteiger partial charge is 0.408 e. The van der Waals surface area contributed by atoms with Crippen LogP contribution in [0.15, 0.2) is 12.2 Å². The third kappa shape index (κ3) is 6.76. The number of alkyl carbamates (subject to hydrolysis) is 1. The van der Waals surface area contributed by atoms with Gasteiger partial charge in [0.1, 0.15) is 5.60 Å². The number of ketones is 1. The Hall–Kier alpha value is -1.32. The summed E-state index contributed by atoms with van der Waals surface area (Å²) >= 11 is 0. The molecule has 0 aromatic rings. The van der Waals surface area contributed by atoms with E-state index in [1.54, 1.807) is 33.8 Å². The molecule has 17 heavy (non-hydrogen) atoms. The van der Waals surface area contributed by atoms with Crippen LogP contribution in [-0.4, -0.2) is 23.5 Å². The molecule has 0 saturated carbocycles. The van der Waals surface area contributed by atoms with Crippen molar-refractivity contribution in [3.8, 4) is 0 Å². The zero-order chi connectivity index (χ0) is 13.6. The molecule has 0 fully saturated rings. The highest BCUT2D eigenvalue weighted by Gasteiger charge is 2.25. The van der Waals surface area contributed by atoms with Gasteiger partial charge in [-0.2, -0.15) is 0 Å². The molecular formula is C13H23NO3. The van der Waals surface area contributed by atoms with Crippen LogP contribution in [0, 0.1) is 5.92 Å². The van der Waals surface area contributed by atoms with E-state index in [0.717, 1.165) is 0 Å². The summed E-state index contributed by atoms with van der Waals surface area (Å²) in [6, 6.07) is -0.541.